The molecule has 2 aliphatic carbocycles. The van der Waals surface area contributed by atoms with Gasteiger partial charge in [0.2, 0.25) is 0 Å². The Morgan fingerprint density at radius 1 is 1.21 bits per heavy atom. The zero-order valence-corrected chi connectivity index (χ0v) is 13.5. The van der Waals surface area contributed by atoms with Crippen molar-refractivity contribution in [2.24, 2.45) is 17.8 Å². The first kappa shape index (κ1) is 15.3. The topological polar surface area (TPSA) is 15.3 Å². The van der Waals surface area contributed by atoms with E-state index in [4.69, 9.17) is 0 Å². The molecular formula is C17H34N2. The molecular weight excluding hydrogens is 232 g/mol. The minimum absolute atomic E-state index is 0.665. The van der Waals surface area contributed by atoms with Gasteiger partial charge in [-0.25, -0.2) is 0 Å². The Morgan fingerprint density at radius 2 is 2.00 bits per heavy atom. The lowest BCUT2D eigenvalue weighted by Crippen LogP contribution is -2.43. The van der Waals surface area contributed by atoms with Crippen molar-refractivity contribution in [3.8, 4) is 0 Å². The molecule has 112 valence electrons. The first-order chi connectivity index (χ1) is 9.10. The maximum atomic E-state index is 3.68. The molecule has 0 spiro atoms. The van der Waals surface area contributed by atoms with E-state index in [0.717, 1.165) is 24.3 Å². The van der Waals surface area contributed by atoms with Gasteiger partial charge in [-0.15, -0.1) is 0 Å². The monoisotopic (exact) mass is 266 g/mol. The number of hydrogen-bond acceptors (Lipinski definition) is 2. The minimum Gasteiger partial charge on any atom is -0.313 e. The van der Waals surface area contributed by atoms with Crippen LogP contribution in [-0.2, 0) is 0 Å². The molecule has 0 aromatic rings. The maximum absolute atomic E-state index is 3.68. The molecule has 0 aliphatic heterocycles. The molecule has 5 atom stereocenters. The molecule has 0 aromatic carbocycles. The van der Waals surface area contributed by atoms with Crippen molar-refractivity contribution in [2.45, 2.75) is 71.4 Å². The molecule has 2 nitrogen and oxygen atoms in total. The SMILES string of the molecule is CCCC(C)NCC(C)N(C)CC1CC2CCC1C2. The molecule has 2 fully saturated rings. The Morgan fingerprint density at radius 3 is 2.58 bits per heavy atom. The molecule has 0 amide bonds. The molecule has 2 saturated carbocycles. The van der Waals surface area contributed by atoms with Crippen molar-refractivity contribution in [3.63, 3.8) is 0 Å². The Labute approximate surface area is 120 Å². The second kappa shape index (κ2) is 7.08. The van der Waals surface area contributed by atoms with E-state index in [1.54, 1.807) is 6.42 Å². The second-order valence-electron chi connectivity index (χ2n) is 7.32. The molecule has 2 rings (SSSR count). The lowest BCUT2D eigenvalue weighted by atomic mass is 9.88. The molecule has 0 radical (unpaired) electrons. The highest BCUT2D eigenvalue weighted by Crippen LogP contribution is 2.48. The molecule has 2 aliphatic rings. The first-order valence-electron chi connectivity index (χ1n) is 8.53. The summed E-state index contributed by atoms with van der Waals surface area (Å²) in [6.07, 6.45) is 8.67. The molecule has 5 unspecified atom stereocenters. The Bertz CT molecular complexity index is 266. The largest absolute Gasteiger partial charge is 0.313 e. The van der Waals surface area contributed by atoms with Gasteiger partial charge in [0.25, 0.3) is 0 Å². The maximum Gasteiger partial charge on any atom is 0.0189 e. The molecule has 0 saturated heterocycles. The lowest BCUT2D eigenvalue weighted by Gasteiger charge is -2.32. The van der Waals surface area contributed by atoms with Crippen LogP contribution in [0.2, 0.25) is 0 Å². The third-order valence-electron chi connectivity index (χ3n) is 5.64. The zero-order chi connectivity index (χ0) is 13.8. The van der Waals surface area contributed by atoms with Gasteiger partial charge in [-0.3, -0.25) is 0 Å². The van der Waals surface area contributed by atoms with Crippen LogP contribution in [-0.4, -0.2) is 37.1 Å². The van der Waals surface area contributed by atoms with E-state index in [1.807, 2.05) is 0 Å². The summed E-state index contributed by atoms with van der Waals surface area (Å²) in [5.41, 5.74) is 0. The van der Waals surface area contributed by atoms with Gasteiger partial charge in [0.05, 0.1) is 0 Å². The summed E-state index contributed by atoms with van der Waals surface area (Å²) in [4.78, 5) is 2.59. The van der Waals surface area contributed by atoms with Crippen molar-refractivity contribution < 1.29 is 0 Å². The summed E-state index contributed by atoms with van der Waals surface area (Å²) in [5, 5.41) is 3.68. The van der Waals surface area contributed by atoms with Gasteiger partial charge in [-0.05, 0) is 64.3 Å². The van der Waals surface area contributed by atoms with Crippen LogP contribution >= 0.6 is 0 Å². The van der Waals surface area contributed by atoms with E-state index >= 15 is 0 Å². The van der Waals surface area contributed by atoms with Crippen LogP contribution in [0.25, 0.3) is 0 Å². The van der Waals surface area contributed by atoms with Gasteiger partial charge in [-0.1, -0.05) is 19.8 Å². The van der Waals surface area contributed by atoms with Gasteiger partial charge in [0.15, 0.2) is 0 Å². The van der Waals surface area contributed by atoms with E-state index in [9.17, 15) is 0 Å². The highest BCUT2D eigenvalue weighted by Gasteiger charge is 2.39. The van der Waals surface area contributed by atoms with Crippen LogP contribution in [0.4, 0.5) is 0 Å². The van der Waals surface area contributed by atoms with Gasteiger partial charge in [-0.2, -0.15) is 0 Å². The minimum atomic E-state index is 0.665. The van der Waals surface area contributed by atoms with Crippen LogP contribution in [0, 0.1) is 17.8 Å². The van der Waals surface area contributed by atoms with E-state index < -0.39 is 0 Å². The van der Waals surface area contributed by atoms with Crippen LogP contribution in [0.1, 0.15) is 59.3 Å². The third kappa shape index (κ3) is 4.19. The van der Waals surface area contributed by atoms with E-state index in [0.29, 0.717) is 12.1 Å². The fraction of sp³-hybridized carbons (Fsp3) is 1.00. The van der Waals surface area contributed by atoms with Crippen molar-refractivity contribution in [2.75, 3.05) is 20.1 Å². The predicted octanol–water partition coefficient (Wildman–Crippen LogP) is 3.52. The average Bonchev–Trinajstić information content (AvgIpc) is 2.98. The van der Waals surface area contributed by atoms with Crippen LogP contribution in [0.3, 0.4) is 0 Å². The number of hydrogen-bond donors (Lipinski definition) is 1. The number of nitrogens with zero attached hydrogens (tertiary/aromatic N) is 1. The summed E-state index contributed by atoms with van der Waals surface area (Å²) < 4.78 is 0. The number of nitrogens with one attached hydrogen (secondary N) is 1. The second-order valence-corrected chi connectivity index (χ2v) is 7.32. The molecule has 1 N–H and O–H groups in total. The van der Waals surface area contributed by atoms with E-state index in [1.165, 1.54) is 38.6 Å². The highest BCUT2D eigenvalue weighted by molar-refractivity contribution is 4.91. The summed E-state index contributed by atoms with van der Waals surface area (Å²) in [7, 11) is 2.32. The van der Waals surface area contributed by atoms with Crippen molar-refractivity contribution in [1.82, 2.24) is 10.2 Å². The van der Waals surface area contributed by atoms with E-state index in [2.05, 4.69) is 38.0 Å². The van der Waals surface area contributed by atoms with E-state index in [-0.39, 0.29) is 0 Å². The summed E-state index contributed by atoms with van der Waals surface area (Å²) in [6.45, 7) is 9.42. The molecule has 2 bridgehead atoms. The Kier molecular flexibility index (Phi) is 5.70. The van der Waals surface area contributed by atoms with Crippen molar-refractivity contribution in [3.05, 3.63) is 0 Å². The quantitative estimate of drug-likeness (QED) is 0.723. The smallest absolute Gasteiger partial charge is 0.0189 e. The number of rotatable bonds is 8. The average molecular weight is 266 g/mol. The zero-order valence-electron chi connectivity index (χ0n) is 13.5. The van der Waals surface area contributed by atoms with Crippen molar-refractivity contribution >= 4 is 0 Å². The van der Waals surface area contributed by atoms with Crippen LogP contribution in [0.15, 0.2) is 0 Å². The molecule has 2 heteroatoms. The van der Waals surface area contributed by atoms with Gasteiger partial charge in [0.1, 0.15) is 0 Å². The Balaban J connectivity index is 1.66. The standard InChI is InChI=1S/C17H34N2/c1-5-6-13(2)18-11-14(3)19(4)12-17-10-15-7-8-16(17)9-15/h13-18H,5-12H2,1-4H3. The molecule has 19 heavy (non-hydrogen) atoms. The fourth-order valence-electron chi connectivity index (χ4n) is 4.21. The van der Waals surface area contributed by atoms with Crippen molar-refractivity contribution in [1.29, 1.82) is 0 Å². The van der Waals surface area contributed by atoms with Gasteiger partial charge >= 0.3 is 0 Å². The lowest BCUT2D eigenvalue weighted by molar-refractivity contribution is 0.176. The van der Waals surface area contributed by atoms with Gasteiger partial charge in [0, 0.05) is 25.2 Å². The summed E-state index contributed by atoms with van der Waals surface area (Å²) in [6, 6.07) is 1.33. The van der Waals surface area contributed by atoms with Crippen LogP contribution in [0.5, 0.6) is 0 Å². The summed E-state index contributed by atoms with van der Waals surface area (Å²) in [5.74, 6) is 3.15. The van der Waals surface area contributed by atoms with Gasteiger partial charge < -0.3 is 10.2 Å². The molecule has 0 heterocycles. The predicted molar refractivity (Wildman–Crippen MR) is 83.4 cm³/mol. The first-order valence-corrected chi connectivity index (χ1v) is 8.53. The fourth-order valence-corrected chi connectivity index (χ4v) is 4.21. The molecule has 0 aromatic heterocycles. The third-order valence-corrected chi connectivity index (χ3v) is 5.64. The van der Waals surface area contributed by atoms with Crippen LogP contribution < -0.4 is 5.32 Å². The number of fused-ring (bicyclic) bond motifs is 2. The normalized spacial score (nSPS) is 33.0. The number of likely N-dealkylation sites (N-methyl/N-ethyl adjacent to an activating group) is 1. The highest BCUT2D eigenvalue weighted by atomic mass is 15.1. The summed E-state index contributed by atoms with van der Waals surface area (Å²) >= 11 is 0. The Hall–Kier alpha value is -0.0800.